The van der Waals surface area contributed by atoms with Crippen molar-refractivity contribution in [2.24, 2.45) is 21.0 Å². The fraction of sp³-hybridized carbons (Fsp3) is 0.733. The van der Waals surface area contributed by atoms with Crippen LogP contribution in [0.4, 0.5) is 0 Å². The average molecular weight is 418 g/mol. The van der Waals surface area contributed by atoms with E-state index in [1.807, 2.05) is 13.8 Å². The second-order valence-corrected chi connectivity index (χ2v) is 7.72. The van der Waals surface area contributed by atoms with Gasteiger partial charge in [0.2, 0.25) is 0 Å². The molecule has 24 heavy (non-hydrogen) atoms. The predicted molar refractivity (Wildman–Crippen MR) is 94.9 cm³/mol. The van der Waals surface area contributed by atoms with E-state index in [0.29, 0.717) is 9.98 Å². The van der Waals surface area contributed by atoms with Gasteiger partial charge in [-0.2, -0.15) is 10.2 Å². The van der Waals surface area contributed by atoms with Crippen LogP contribution in [0.15, 0.2) is 10.2 Å². The Kier molecular flexibility index (Phi) is 6.77. The quantitative estimate of drug-likeness (QED) is 0.209. The van der Waals surface area contributed by atoms with Gasteiger partial charge in [0, 0.05) is 31.3 Å². The van der Waals surface area contributed by atoms with Crippen LogP contribution in [-0.4, -0.2) is 45.9 Å². The normalized spacial score (nSPS) is 20.7. The molecule has 0 atom stereocenters. The van der Waals surface area contributed by atoms with Gasteiger partial charge in [-0.15, -0.1) is 0 Å². The third kappa shape index (κ3) is 5.12. The maximum absolute atomic E-state index is 11.9. The molecule has 0 N–H and O–H groups in total. The third-order valence-corrected chi connectivity index (χ3v) is 5.96. The van der Waals surface area contributed by atoms with Gasteiger partial charge in [0.25, 0.3) is 0 Å². The van der Waals surface area contributed by atoms with Crippen molar-refractivity contribution in [3.63, 3.8) is 0 Å². The molecule has 9 heteroatoms. The Balaban J connectivity index is 0.00000288. The van der Waals surface area contributed by atoms with Gasteiger partial charge in [0.1, 0.15) is 9.98 Å². The predicted octanol–water partition coefficient (Wildman–Crippen LogP) is 0.840. The Hall–Kier alpha value is -0.761. The third-order valence-electron chi connectivity index (χ3n) is 4.45. The Morgan fingerprint density at radius 1 is 0.875 bits per heavy atom. The minimum atomic E-state index is -0.551. The van der Waals surface area contributed by atoms with Crippen molar-refractivity contribution < 1.29 is 27.3 Å². The van der Waals surface area contributed by atoms with Crippen LogP contribution in [0.1, 0.15) is 46.0 Å². The van der Waals surface area contributed by atoms with E-state index in [9.17, 15) is 10.2 Å². The number of nitrogens with zero attached hydrogens (tertiary/aromatic N) is 4. The van der Waals surface area contributed by atoms with Crippen LogP contribution in [0.5, 0.6) is 0 Å². The molecule has 2 fully saturated rings. The number of thiocarbonyl (C=S) groups is 2. The van der Waals surface area contributed by atoms with Crippen LogP contribution in [0.25, 0.3) is 0 Å². The molecule has 2 saturated carbocycles. The molecule has 0 aliphatic heterocycles. The standard InChI is InChI=1S/C15H24N4O2S2.Cu/c1-14(5-6-14)12(22)18(3)16-10(20)9-11(21)17-19(4)13(23)15(2)7-8-15;/h5-9H2,1-4H3,(H,16,20)(H,17,21);/q;+2/p-2. The van der Waals surface area contributed by atoms with Gasteiger partial charge >= 0.3 is 17.1 Å². The molecule has 0 bridgehead atoms. The van der Waals surface area contributed by atoms with Gasteiger partial charge in [-0.05, 0) is 37.5 Å². The van der Waals surface area contributed by atoms with E-state index < -0.39 is 11.8 Å². The van der Waals surface area contributed by atoms with E-state index in [0.717, 1.165) is 25.7 Å². The zero-order chi connectivity index (χ0) is 17.4. The van der Waals surface area contributed by atoms with Crippen LogP contribution in [0.3, 0.4) is 0 Å². The van der Waals surface area contributed by atoms with Gasteiger partial charge in [-0.3, -0.25) is 10.0 Å². The van der Waals surface area contributed by atoms with E-state index >= 15 is 0 Å². The van der Waals surface area contributed by atoms with E-state index in [-0.39, 0.29) is 34.3 Å². The number of hydrogen-bond donors (Lipinski definition) is 0. The smallest absolute Gasteiger partial charge is 0.860 e. The van der Waals surface area contributed by atoms with Crippen molar-refractivity contribution in [1.82, 2.24) is 10.0 Å². The molecule has 0 aromatic heterocycles. The summed E-state index contributed by atoms with van der Waals surface area (Å²) in [6, 6.07) is 0. The molecule has 2 aliphatic rings. The Morgan fingerprint density at radius 2 is 1.17 bits per heavy atom. The summed E-state index contributed by atoms with van der Waals surface area (Å²) in [5, 5.41) is 34.3. The summed E-state index contributed by atoms with van der Waals surface area (Å²) >= 11 is 10.6. The summed E-state index contributed by atoms with van der Waals surface area (Å²) in [4.78, 5) is 1.27. The monoisotopic (exact) mass is 417 g/mol. The molecular weight excluding hydrogens is 396 g/mol. The van der Waals surface area contributed by atoms with E-state index in [2.05, 4.69) is 10.2 Å². The first kappa shape index (κ1) is 21.3. The minimum absolute atomic E-state index is 0. The number of hydrogen-bond acceptors (Lipinski definition) is 6. The first-order valence-electron chi connectivity index (χ1n) is 7.63. The molecule has 1 radical (unpaired) electrons. The van der Waals surface area contributed by atoms with E-state index in [1.165, 1.54) is 10.0 Å². The van der Waals surface area contributed by atoms with Crippen molar-refractivity contribution >= 4 is 46.2 Å². The molecule has 2 aliphatic carbocycles. The molecule has 0 saturated heterocycles. The Morgan fingerprint density at radius 3 is 1.42 bits per heavy atom. The van der Waals surface area contributed by atoms with E-state index in [1.54, 1.807) is 14.1 Å². The van der Waals surface area contributed by atoms with Crippen molar-refractivity contribution in [3.05, 3.63) is 0 Å². The number of hydrazone groups is 2. The van der Waals surface area contributed by atoms with Gasteiger partial charge in [0.15, 0.2) is 0 Å². The summed E-state index contributed by atoms with van der Waals surface area (Å²) in [6.07, 6.45) is 3.65. The van der Waals surface area contributed by atoms with Gasteiger partial charge < -0.3 is 10.2 Å². The summed E-state index contributed by atoms with van der Waals surface area (Å²) in [5.41, 5.74) is -0.0667. The minimum Gasteiger partial charge on any atom is -0.860 e. The van der Waals surface area contributed by atoms with Gasteiger partial charge in [-0.1, -0.05) is 38.3 Å². The molecule has 0 spiro atoms. The van der Waals surface area contributed by atoms with Crippen molar-refractivity contribution in [1.29, 1.82) is 0 Å². The van der Waals surface area contributed by atoms with Crippen LogP contribution >= 0.6 is 24.4 Å². The second kappa shape index (κ2) is 7.64. The molecule has 0 aromatic carbocycles. The number of rotatable bonds is 6. The summed E-state index contributed by atoms with van der Waals surface area (Å²) in [7, 11) is 3.28. The molecule has 0 amide bonds. The van der Waals surface area contributed by atoms with Crippen LogP contribution in [0.2, 0.25) is 0 Å². The maximum Gasteiger partial charge on any atom is 2.00 e. The van der Waals surface area contributed by atoms with Crippen LogP contribution in [-0.2, 0) is 17.1 Å². The molecular formula is C15H22CuN4O2S2. The molecule has 0 heterocycles. The summed E-state index contributed by atoms with van der Waals surface area (Å²) < 4.78 is 0. The van der Waals surface area contributed by atoms with Gasteiger partial charge in [0.05, 0.1) is 0 Å². The van der Waals surface area contributed by atoms with Crippen molar-refractivity contribution in [2.75, 3.05) is 14.1 Å². The topological polar surface area (TPSA) is 77.3 Å². The van der Waals surface area contributed by atoms with Crippen LogP contribution in [0, 0.1) is 10.8 Å². The first-order chi connectivity index (χ1) is 10.6. The fourth-order valence-corrected chi connectivity index (χ4v) is 2.70. The Bertz CT molecular complexity index is 536. The second-order valence-electron chi connectivity index (χ2n) is 6.94. The largest absolute Gasteiger partial charge is 2.00 e. The van der Waals surface area contributed by atoms with Crippen LogP contribution < -0.4 is 10.2 Å². The SMILES string of the molecule is CN(/N=C(\[O-])C/C([O-])=N/N(C)C(=S)C1(C)CC1)C(=S)C1(C)CC1.[Cu+2]. The molecule has 6 nitrogen and oxygen atoms in total. The molecule has 137 valence electrons. The zero-order valence-corrected chi connectivity index (χ0v) is 16.8. The first-order valence-corrected chi connectivity index (χ1v) is 8.44. The zero-order valence-electron chi connectivity index (χ0n) is 14.3. The molecule has 0 aromatic rings. The maximum atomic E-state index is 11.9. The molecule has 2 rings (SSSR count). The summed E-state index contributed by atoms with van der Waals surface area (Å²) in [6.45, 7) is 4.08. The Labute approximate surface area is 164 Å². The fourth-order valence-electron chi connectivity index (χ4n) is 2.21. The van der Waals surface area contributed by atoms with Gasteiger partial charge in [-0.25, -0.2) is 0 Å². The average Bonchev–Trinajstić information content (AvgIpc) is 3.37. The van der Waals surface area contributed by atoms with Crippen molar-refractivity contribution in [2.45, 2.75) is 46.0 Å². The summed E-state index contributed by atoms with van der Waals surface area (Å²) in [5.74, 6) is -1.10. The van der Waals surface area contributed by atoms with E-state index in [4.69, 9.17) is 24.4 Å². The van der Waals surface area contributed by atoms with Crippen molar-refractivity contribution in [3.8, 4) is 0 Å². The molecule has 0 unspecified atom stereocenters.